The number of aryl methyl sites for hydroxylation is 1. The molecule has 1 fully saturated rings. The maximum atomic E-state index is 12.3. The zero-order valence-corrected chi connectivity index (χ0v) is 13.8. The highest BCUT2D eigenvalue weighted by atomic mass is 32.1. The standard InChI is InChI=1S/C17H23N3OS/c1-12-11-13(18)9-10-20(12)17(21)8-4-7-16-19-14-5-2-3-6-15(14)22-16/h2-3,5-6,12-13H,4,7-11,18H2,1H3/t12-,13-/m1/s1. The lowest BCUT2D eigenvalue weighted by Gasteiger charge is -2.36. The predicted octanol–water partition coefficient (Wildman–Crippen LogP) is 2.96. The van der Waals surface area contributed by atoms with Gasteiger partial charge in [-0.3, -0.25) is 4.79 Å². The van der Waals surface area contributed by atoms with Crippen LogP contribution in [0.5, 0.6) is 0 Å². The van der Waals surface area contributed by atoms with Gasteiger partial charge in [0.1, 0.15) is 0 Å². The maximum absolute atomic E-state index is 12.3. The van der Waals surface area contributed by atoms with Gasteiger partial charge >= 0.3 is 0 Å². The summed E-state index contributed by atoms with van der Waals surface area (Å²) >= 11 is 1.73. The average molecular weight is 317 g/mol. The van der Waals surface area contributed by atoms with Crippen molar-refractivity contribution < 1.29 is 4.79 Å². The normalized spacial score (nSPS) is 22.2. The SMILES string of the molecule is C[C@@H]1C[C@H](N)CCN1C(=O)CCCc1nc2ccccc2s1. The summed E-state index contributed by atoms with van der Waals surface area (Å²) in [4.78, 5) is 19.0. The largest absolute Gasteiger partial charge is 0.340 e. The third kappa shape index (κ3) is 3.47. The lowest BCUT2D eigenvalue weighted by atomic mass is 9.98. The second-order valence-corrected chi connectivity index (χ2v) is 7.26. The van der Waals surface area contributed by atoms with Crippen LogP contribution in [0.2, 0.25) is 0 Å². The Morgan fingerprint density at radius 2 is 2.27 bits per heavy atom. The van der Waals surface area contributed by atoms with Gasteiger partial charge < -0.3 is 10.6 Å². The lowest BCUT2D eigenvalue weighted by Crippen LogP contribution is -2.48. The maximum Gasteiger partial charge on any atom is 0.222 e. The Morgan fingerprint density at radius 1 is 1.45 bits per heavy atom. The zero-order valence-electron chi connectivity index (χ0n) is 13.0. The summed E-state index contributed by atoms with van der Waals surface area (Å²) in [5, 5.41) is 1.13. The van der Waals surface area contributed by atoms with Gasteiger partial charge in [-0.15, -0.1) is 11.3 Å². The molecular formula is C17H23N3OS. The molecule has 22 heavy (non-hydrogen) atoms. The number of para-hydroxylation sites is 1. The molecule has 1 aromatic heterocycles. The number of likely N-dealkylation sites (tertiary alicyclic amines) is 1. The van der Waals surface area contributed by atoms with Gasteiger partial charge in [0.15, 0.2) is 0 Å². The average Bonchev–Trinajstić information content (AvgIpc) is 2.89. The van der Waals surface area contributed by atoms with E-state index in [1.54, 1.807) is 11.3 Å². The number of hydrogen-bond donors (Lipinski definition) is 1. The monoisotopic (exact) mass is 317 g/mol. The zero-order chi connectivity index (χ0) is 15.5. The summed E-state index contributed by atoms with van der Waals surface area (Å²) in [6, 6.07) is 8.72. The molecule has 4 nitrogen and oxygen atoms in total. The van der Waals surface area contributed by atoms with E-state index >= 15 is 0 Å². The molecule has 1 aromatic carbocycles. The second-order valence-electron chi connectivity index (χ2n) is 6.15. The van der Waals surface area contributed by atoms with E-state index < -0.39 is 0 Å². The minimum absolute atomic E-state index is 0.252. The molecule has 1 saturated heterocycles. The molecule has 0 saturated carbocycles. The van der Waals surface area contributed by atoms with Crippen LogP contribution in [0.3, 0.4) is 0 Å². The number of amides is 1. The molecule has 2 N–H and O–H groups in total. The van der Waals surface area contributed by atoms with Crippen molar-refractivity contribution in [2.24, 2.45) is 5.73 Å². The van der Waals surface area contributed by atoms with Crippen LogP contribution in [0.15, 0.2) is 24.3 Å². The fourth-order valence-corrected chi connectivity index (χ4v) is 4.15. The van der Waals surface area contributed by atoms with Crippen molar-refractivity contribution in [3.8, 4) is 0 Å². The minimum Gasteiger partial charge on any atom is -0.340 e. The van der Waals surface area contributed by atoms with Gasteiger partial charge in [0, 0.05) is 25.0 Å². The van der Waals surface area contributed by atoms with Crippen molar-refractivity contribution in [2.45, 2.75) is 51.1 Å². The van der Waals surface area contributed by atoms with E-state index in [2.05, 4.69) is 18.0 Å². The molecule has 1 amide bonds. The molecule has 0 spiro atoms. The Bertz CT molecular complexity index is 621. The van der Waals surface area contributed by atoms with Crippen LogP contribution >= 0.6 is 11.3 Å². The number of thiazole rings is 1. The highest BCUT2D eigenvalue weighted by Gasteiger charge is 2.26. The number of carbonyl (C=O) groups excluding carboxylic acids is 1. The van der Waals surface area contributed by atoms with Gasteiger partial charge in [-0.05, 0) is 44.7 Å². The summed E-state index contributed by atoms with van der Waals surface area (Å²) in [5.74, 6) is 0.264. The third-order valence-corrected chi connectivity index (χ3v) is 5.45. The Hall–Kier alpha value is -1.46. The Kier molecular flexibility index (Phi) is 4.74. The van der Waals surface area contributed by atoms with Gasteiger partial charge in [-0.2, -0.15) is 0 Å². The van der Waals surface area contributed by atoms with E-state index in [0.29, 0.717) is 6.42 Å². The molecule has 1 aliphatic heterocycles. The van der Waals surface area contributed by atoms with Crippen molar-refractivity contribution in [1.29, 1.82) is 0 Å². The molecule has 0 unspecified atom stereocenters. The first-order chi connectivity index (χ1) is 10.6. The van der Waals surface area contributed by atoms with Crippen LogP contribution in [0.25, 0.3) is 10.2 Å². The molecule has 2 atom stereocenters. The molecule has 1 aliphatic rings. The quantitative estimate of drug-likeness (QED) is 0.943. The van der Waals surface area contributed by atoms with Crippen molar-refractivity contribution in [3.63, 3.8) is 0 Å². The first-order valence-electron chi connectivity index (χ1n) is 8.03. The number of rotatable bonds is 4. The molecular weight excluding hydrogens is 294 g/mol. The predicted molar refractivity (Wildman–Crippen MR) is 90.9 cm³/mol. The van der Waals surface area contributed by atoms with Crippen LogP contribution in [-0.4, -0.2) is 34.4 Å². The third-order valence-electron chi connectivity index (χ3n) is 4.36. The molecule has 5 heteroatoms. The Morgan fingerprint density at radius 3 is 3.05 bits per heavy atom. The fraction of sp³-hybridized carbons (Fsp3) is 0.529. The van der Waals surface area contributed by atoms with Crippen molar-refractivity contribution in [2.75, 3.05) is 6.54 Å². The summed E-state index contributed by atoms with van der Waals surface area (Å²) in [5.41, 5.74) is 7.02. The van der Waals surface area contributed by atoms with Gasteiger partial charge in [0.05, 0.1) is 15.2 Å². The molecule has 2 aromatic rings. The second kappa shape index (κ2) is 6.75. The van der Waals surface area contributed by atoms with E-state index in [9.17, 15) is 4.79 Å². The highest BCUT2D eigenvalue weighted by molar-refractivity contribution is 7.18. The Labute approximate surface area is 135 Å². The number of aromatic nitrogens is 1. The molecule has 3 rings (SSSR count). The van der Waals surface area contributed by atoms with Crippen molar-refractivity contribution in [1.82, 2.24) is 9.88 Å². The van der Waals surface area contributed by atoms with Crippen LogP contribution in [-0.2, 0) is 11.2 Å². The fourth-order valence-electron chi connectivity index (χ4n) is 3.14. The smallest absolute Gasteiger partial charge is 0.222 e. The lowest BCUT2D eigenvalue weighted by molar-refractivity contribution is -0.134. The molecule has 0 bridgehead atoms. The van der Waals surface area contributed by atoms with Gasteiger partial charge in [-0.1, -0.05) is 12.1 Å². The first kappa shape index (κ1) is 15.4. The molecule has 2 heterocycles. The van der Waals surface area contributed by atoms with Gasteiger partial charge in [-0.25, -0.2) is 4.98 Å². The van der Waals surface area contributed by atoms with Gasteiger partial charge in [0.25, 0.3) is 0 Å². The minimum atomic E-state index is 0.252. The van der Waals surface area contributed by atoms with Crippen LogP contribution in [0.4, 0.5) is 0 Å². The summed E-state index contributed by atoms with van der Waals surface area (Å²) in [6.07, 6.45) is 4.20. The number of nitrogens with two attached hydrogens (primary N) is 1. The number of carbonyl (C=O) groups is 1. The van der Waals surface area contributed by atoms with E-state index in [4.69, 9.17) is 5.73 Å². The number of nitrogens with zero attached hydrogens (tertiary/aromatic N) is 2. The van der Waals surface area contributed by atoms with Crippen LogP contribution in [0, 0.1) is 0 Å². The Balaban J connectivity index is 1.51. The number of fused-ring (bicyclic) bond motifs is 1. The summed E-state index contributed by atoms with van der Waals surface area (Å²) in [6.45, 7) is 2.91. The number of benzene rings is 1. The number of hydrogen-bond acceptors (Lipinski definition) is 4. The summed E-state index contributed by atoms with van der Waals surface area (Å²) < 4.78 is 1.22. The number of piperidine rings is 1. The first-order valence-corrected chi connectivity index (χ1v) is 8.84. The molecule has 118 valence electrons. The van der Waals surface area contributed by atoms with Crippen molar-refractivity contribution in [3.05, 3.63) is 29.3 Å². The van der Waals surface area contributed by atoms with E-state index in [1.165, 1.54) is 4.70 Å². The summed E-state index contributed by atoms with van der Waals surface area (Å²) in [7, 11) is 0. The van der Waals surface area contributed by atoms with E-state index in [0.717, 1.165) is 42.8 Å². The van der Waals surface area contributed by atoms with Gasteiger partial charge in [0.2, 0.25) is 5.91 Å². The van der Waals surface area contributed by atoms with E-state index in [-0.39, 0.29) is 18.0 Å². The topological polar surface area (TPSA) is 59.2 Å². The molecule has 0 aliphatic carbocycles. The molecule has 0 radical (unpaired) electrons. The van der Waals surface area contributed by atoms with E-state index in [1.807, 2.05) is 23.1 Å². The van der Waals surface area contributed by atoms with Crippen molar-refractivity contribution >= 4 is 27.5 Å². The van der Waals surface area contributed by atoms with Crippen LogP contribution in [0.1, 0.15) is 37.6 Å². The van der Waals surface area contributed by atoms with Crippen LogP contribution < -0.4 is 5.73 Å². The highest BCUT2D eigenvalue weighted by Crippen LogP contribution is 2.23.